The molecule has 0 aliphatic carbocycles. The Balaban J connectivity index is 2.02. The fraction of sp³-hybridized carbons (Fsp3) is 0.577. The predicted octanol–water partition coefficient (Wildman–Crippen LogP) is 8.00. The number of nitrogens with two attached hydrogens (primary N) is 1. The minimum Gasteiger partial charge on any atom is -0.370 e. The van der Waals surface area contributed by atoms with Crippen molar-refractivity contribution in [1.29, 1.82) is 0 Å². The lowest BCUT2D eigenvalue weighted by atomic mass is 9.92. The van der Waals surface area contributed by atoms with Gasteiger partial charge in [0.2, 0.25) is 5.91 Å². The number of unbranched alkanes of at least 4 members (excludes halogenated alkanes) is 8. The van der Waals surface area contributed by atoms with Crippen LogP contribution in [0.5, 0.6) is 0 Å². The fourth-order valence-electron chi connectivity index (χ4n) is 3.59. The number of benzene rings is 1. The van der Waals surface area contributed by atoms with Crippen molar-refractivity contribution in [2.75, 3.05) is 0 Å². The highest BCUT2D eigenvalue weighted by atomic mass is 19.4. The molecule has 0 fully saturated rings. The third-order valence-electron chi connectivity index (χ3n) is 5.36. The fourth-order valence-corrected chi connectivity index (χ4v) is 3.59. The van der Waals surface area contributed by atoms with Crippen LogP contribution < -0.4 is 5.73 Å². The lowest BCUT2D eigenvalue weighted by molar-refractivity contribution is -0.152. The molecule has 0 saturated carbocycles. The maximum Gasteiger partial charge on any atom is 0.395 e. The first-order chi connectivity index (χ1) is 14.9. The Morgan fingerprint density at radius 1 is 0.806 bits per heavy atom. The summed E-state index contributed by atoms with van der Waals surface area (Å²) in [6.07, 6.45) is 15.8. The Kier molecular flexibility index (Phi) is 14.5. The molecule has 1 aromatic carbocycles. The van der Waals surface area contributed by atoms with Gasteiger partial charge in [0.05, 0.1) is 5.92 Å². The van der Waals surface area contributed by atoms with Crippen LogP contribution in [0.15, 0.2) is 54.6 Å². The third kappa shape index (κ3) is 14.6. The highest BCUT2D eigenvalue weighted by Crippen LogP contribution is 2.38. The van der Waals surface area contributed by atoms with E-state index in [1.807, 2.05) is 0 Å². The van der Waals surface area contributed by atoms with Crippen molar-refractivity contribution < 1.29 is 18.0 Å². The van der Waals surface area contributed by atoms with E-state index in [1.165, 1.54) is 12.8 Å². The molecule has 1 rings (SSSR count). The van der Waals surface area contributed by atoms with Gasteiger partial charge in [0, 0.05) is 6.42 Å². The lowest BCUT2D eigenvalue weighted by Crippen LogP contribution is -2.20. The molecule has 0 bridgehead atoms. The van der Waals surface area contributed by atoms with Crippen LogP contribution in [0.25, 0.3) is 0 Å². The third-order valence-corrected chi connectivity index (χ3v) is 5.36. The van der Waals surface area contributed by atoms with Crippen molar-refractivity contribution in [2.45, 2.75) is 95.6 Å². The average Bonchev–Trinajstić information content (AvgIpc) is 2.72. The van der Waals surface area contributed by atoms with Crippen LogP contribution in [0.4, 0.5) is 13.2 Å². The first kappa shape index (κ1) is 27.0. The second-order valence-electron chi connectivity index (χ2n) is 8.09. The summed E-state index contributed by atoms with van der Waals surface area (Å²) in [5.74, 6) is -1.57. The van der Waals surface area contributed by atoms with E-state index >= 15 is 0 Å². The van der Waals surface area contributed by atoms with Crippen LogP contribution >= 0.6 is 0 Å². The molecule has 1 unspecified atom stereocenters. The van der Waals surface area contributed by atoms with Gasteiger partial charge in [0.25, 0.3) is 0 Å². The molecule has 1 aromatic rings. The molecule has 1 amide bonds. The molecule has 0 aliphatic rings. The van der Waals surface area contributed by atoms with E-state index in [4.69, 9.17) is 5.73 Å². The average molecular weight is 438 g/mol. The van der Waals surface area contributed by atoms with E-state index in [0.717, 1.165) is 51.4 Å². The summed E-state index contributed by atoms with van der Waals surface area (Å²) in [6, 6.07) is 8.22. The van der Waals surface area contributed by atoms with Gasteiger partial charge in [-0.3, -0.25) is 4.79 Å². The molecule has 0 saturated heterocycles. The number of halogens is 3. The zero-order chi connectivity index (χ0) is 22.8. The maximum atomic E-state index is 13.3. The Labute approximate surface area is 185 Å². The number of carbonyl (C=O) groups excluding carboxylic acids is 1. The molecule has 174 valence electrons. The van der Waals surface area contributed by atoms with Gasteiger partial charge in [0.1, 0.15) is 0 Å². The quantitative estimate of drug-likeness (QED) is 0.195. The number of amides is 1. The van der Waals surface area contributed by atoms with E-state index in [2.05, 4.69) is 24.3 Å². The number of hydrogen-bond acceptors (Lipinski definition) is 1. The van der Waals surface area contributed by atoms with Gasteiger partial charge in [0.15, 0.2) is 0 Å². The van der Waals surface area contributed by atoms with Gasteiger partial charge in [-0.05, 0) is 50.5 Å². The van der Waals surface area contributed by atoms with Gasteiger partial charge in [-0.25, -0.2) is 0 Å². The summed E-state index contributed by atoms with van der Waals surface area (Å²) < 4.78 is 39.9. The van der Waals surface area contributed by atoms with Crippen molar-refractivity contribution in [3.05, 3.63) is 60.2 Å². The van der Waals surface area contributed by atoms with Gasteiger partial charge in [-0.2, -0.15) is 13.2 Å². The van der Waals surface area contributed by atoms with Gasteiger partial charge in [-0.1, -0.05) is 86.7 Å². The summed E-state index contributed by atoms with van der Waals surface area (Å²) >= 11 is 0. The molecule has 0 spiro atoms. The molecular formula is C26H38F3NO. The van der Waals surface area contributed by atoms with Gasteiger partial charge in [-0.15, -0.1) is 0 Å². The topological polar surface area (TPSA) is 43.1 Å². The Morgan fingerprint density at radius 2 is 1.35 bits per heavy atom. The van der Waals surface area contributed by atoms with Crippen LogP contribution in [-0.4, -0.2) is 12.1 Å². The first-order valence-corrected chi connectivity index (χ1v) is 11.6. The second kappa shape index (κ2) is 16.6. The zero-order valence-corrected chi connectivity index (χ0v) is 18.6. The maximum absolute atomic E-state index is 13.3. The van der Waals surface area contributed by atoms with E-state index in [1.54, 1.807) is 30.3 Å². The molecule has 2 nitrogen and oxygen atoms in total. The number of hydrogen-bond donors (Lipinski definition) is 1. The summed E-state index contributed by atoms with van der Waals surface area (Å²) in [7, 11) is 0. The SMILES string of the molecule is NC(=O)CCCCCCC/C=C\C/C=C\CCCCCC(c1ccccc1)C(F)(F)F. The Morgan fingerprint density at radius 3 is 1.94 bits per heavy atom. The van der Waals surface area contributed by atoms with E-state index in [9.17, 15) is 18.0 Å². The molecule has 0 aliphatic heterocycles. The van der Waals surface area contributed by atoms with Gasteiger partial charge >= 0.3 is 6.18 Å². The monoisotopic (exact) mass is 437 g/mol. The molecule has 31 heavy (non-hydrogen) atoms. The summed E-state index contributed by atoms with van der Waals surface area (Å²) in [5.41, 5.74) is 5.47. The molecule has 1 atom stereocenters. The summed E-state index contributed by atoms with van der Waals surface area (Å²) in [6.45, 7) is 0. The molecule has 0 radical (unpaired) electrons. The Bertz CT molecular complexity index is 638. The van der Waals surface area contributed by atoms with Crippen molar-refractivity contribution in [3.63, 3.8) is 0 Å². The van der Waals surface area contributed by atoms with Crippen LogP contribution in [0.1, 0.15) is 95.0 Å². The van der Waals surface area contributed by atoms with Crippen LogP contribution in [-0.2, 0) is 4.79 Å². The minimum absolute atomic E-state index is 0.158. The highest BCUT2D eigenvalue weighted by Gasteiger charge is 2.39. The normalized spacial score (nSPS) is 13.3. The number of alkyl halides is 3. The van der Waals surface area contributed by atoms with Crippen LogP contribution in [0, 0.1) is 0 Å². The van der Waals surface area contributed by atoms with Crippen molar-refractivity contribution in [2.24, 2.45) is 5.73 Å². The van der Waals surface area contributed by atoms with Crippen molar-refractivity contribution >= 4 is 5.91 Å². The van der Waals surface area contributed by atoms with E-state index in [-0.39, 0.29) is 12.3 Å². The van der Waals surface area contributed by atoms with Crippen molar-refractivity contribution in [1.82, 2.24) is 0 Å². The van der Waals surface area contributed by atoms with E-state index in [0.29, 0.717) is 18.4 Å². The first-order valence-electron chi connectivity index (χ1n) is 11.6. The molecule has 2 N–H and O–H groups in total. The number of allylic oxidation sites excluding steroid dienone is 4. The molecule has 0 heterocycles. The molecular weight excluding hydrogens is 399 g/mol. The highest BCUT2D eigenvalue weighted by molar-refractivity contribution is 5.73. The lowest BCUT2D eigenvalue weighted by Gasteiger charge is -2.20. The van der Waals surface area contributed by atoms with Crippen LogP contribution in [0.2, 0.25) is 0 Å². The molecule has 0 aromatic heterocycles. The standard InChI is InChI=1S/C26H38F3NO/c27-26(28,29)24(23-19-15-14-16-20-23)21-17-12-10-8-6-4-2-1-3-5-7-9-11-13-18-22-25(30)31/h1,3-4,6,14-16,19-20,24H,2,5,7-13,17-18,21-22H2,(H2,30,31)/b3-1-,6-4-. The Hall–Kier alpha value is -2.04. The second-order valence-corrected chi connectivity index (χ2v) is 8.09. The van der Waals surface area contributed by atoms with Crippen LogP contribution in [0.3, 0.4) is 0 Å². The smallest absolute Gasteiger partial charge is 0.370 e. The van der Waals surface area contributed by atoms with Gasteiger partial charge < -0.3 is 5.73 Å². The minimum atomic E-state index is -4.18. The number of carbonyl (C=O) groups is 1. The number of rotatable bonds is 17. The summed E-state index contributed by atoms with van der Waals surface area (Å²) in [5, 5.41) is 0. The van der Waals surface area contributed by atoms with E-state index < -0.39 is 12.1 Å². The summed E-state index contributed by atoms with van der Waals surface area (Å²) in [4.78, 5) is 10.6. The number of primary amides is 1. The zero-order valence-electron chi connectivity index (χ0n) is 18.6. The van der Waals surface area contributed by atoms with Crippen molar-refractivity contribution in [3.8, 4) is 0 Å². The largest absolute Gasteiger partial charge is 0.395 e. The molecule has 5 heteroatoms. The predicted molar refractivity (Wildman–Crippen MR) is 123 cm³/mol.